The van der Waals surface area contributed by atoms with Crippen molar-refractivity contribution in [3.8, 4) is 5.75 Å². The number of aryl methyl sites for hydroxylation is 1. The lowest BCUT2D eigenvalue weighted by molar-refractivity contribution is 0.0697. The Morgan fingerprint density at radius 3 is 2.37 bits per heavy atom. The van der Waals surface area contributed by atoms with E-state index in [0.29, 0.717) is 5.56 Å². The smallest absolute Gasteiger partial charge is 0.335 e. The van der Waals surface area contributed by atoms with Crippen molar-refractivity contribution in [3.05, 3.63) is 59.3 Å². The van der Waals surface area contributed by atoms with Crippen LogP contribution in [-0.4, -0.2) is 55.3 Å². The molecule has 0 bridgehead atoms. The largest absolute Gasteiger partial charge is 0.496 e. The zero-order valence-corrected chi connectivity index (χ0v) is 22.1. The van der Waals surface area contributed by atoms with Crippen molar-refractivity contribution < 1.29 is 14.6 Å². The van der Waals surface area contributed by atoms with Crippen molar-refractivity contribution in [2.75, 3.05) is 39.2 Å². The number of hydrogen-bond acceptors (Lipinski definition) is 4. The highest BCUT2D eigenvalue weighted by Gasteiger charge is 2.44. The Kier molecular flexibility index (Phi) is 8.84. The Hall–Kier alpha value is -2.99. The Labute approximate surface area is 209 Å². The predicted molar refractivity (Wildman–Crippen MR) is 145 cm³/mol. The Bertz CT molecular complexity index is 1120. The van der Waals surface area contributed by atoms with Gasteiger partial charge in [0.15, 0.2) is 0 Å². The first-order valence-electron chi connectivity index (χ1n) is 12.7. The minimum Gasteiger partial charge on any atom is -0.496 e. The number of rotatable bonds is 5. The standard InChI is InChI=1S/C18H24N2O.C9H11NO2.C2H6/c1-13-11-16(21-2)15(14-3-8-19-17(13)14)12-20-9-6-18(4-5-18)7-10-20;1-10(2)8-5-3-4-7(6-8)9(11)12;1-2/h3,8,11,19H,4-7,9-10,12H2,1-2H3;3-6H,1-2H3,(H,11,12);1-2H3. The van der Waals surface area contributed by atoms with Gasteiger partial charge in [-0.2, -0.15) is 0 Å². The molecule has 1 aliphatic heterocycles. The van der Waals surface area contributed by atoms with E-state index >= 15 is 0 Å². The summed E-state index contributed by atoms with van der Waals surface area (Å²) in [5.74, 6) is 0.144. The fraction of sp³-hybridized carbons (Fsp3) is 0.483. The van der Waals surface area contributed by atoms with Crippen molar-refractivity contribution in [2.45, 2.75) is 53.0 Å². The van der Waals surface area contributed by atoms with Gasteiger partial charge in [-0.05, 0) is 87.0 Å². The highest BCUT2D eigenvalue weighted by molar-refractivity contribution is 5.89. The van der Waals surface area contributed by atoms with E-state index < -0.39 is 5.97 Å². The average molecular weight is 480 g/mol. The van der Waals surface area contributed by atoms with Crippen LogP contribution in [0.2, 0.25) is 0 Å². The van der Waals surface area contributed by atoms with Crippen LogP contribution >= 0.6 is 0 Å². The highest BCUT2D eigenvalue weighted by Crippen LogP contribution is 2.53. The van der Waals surface area contributed by atoms with Crippen LogP contribution < -0.4 is 9.64 Å². The zero-order valence-electron chi connectivity index (χ0n) is 22.1. The maximum atomic E-state index is 10.6. The molecule has 35 heavy (non-hydrogen) atoms. The third-order valence-electron chi connectivity index (χ3n) is 7.20. The van der Waals surface area contributed by atoms with Crippen LogP contribution in [0.4, 0.5) is 5.69 Å². The lowest BCUT2D eigenvalue weighted by Gasteiger charge is -2.32. The van der Waals surface area contributed by atoms with Crippen LogP contribution in [0.3, 0.4) is 0 Å². The van der Waals surface area contributed by atoms with Gasteiger partial charge in [-0.1, -0.05) is 19.9 Å². The van der Waals surface area contributed by atoms with E-state index in [2.05, 4.69) is 28.9 Å². The molecule has 1 saturated carbocycles. The quantitative estimate of drug-likeness (QED) is 0.447. The summed E-state index contributed by atoms with van der Waals surface area (Å²) in [5, 5.41) is 9.99. The molecule has 2 fully saturated rings. The number of ether oxygens (including phenoxy) is 1. The first-order valence-corrected chi connectivity index (χ1v) is 12.7. The second-order valence-corrected chi connectivity index (χ2v) is 9.67. The number of likely N-dealkylation sites (tertiary alicyclic amines) is 1. The minimum absolute atomic E-state index is 0.321. The minimum atomic E-state index is -0.890. The number of carboxylic acids is 1. The number of aromatic carboxylic acids is 1. The molecule has 2 aliphatic rings. The molecule has 1 aromatic heterocycles. The molecule has 5 rings (SSSR count). The maximum absolute atomic E-state index is 10.6. The SMILES string of the molecule is CC.CN(C)c1cccc(C(=O)O)c1.COc1cc(C)c2[nH]ccc2c1CN1CCC2(CC1)CC2. The number of carboxylic acid groups (broad SMARTS) is 1. The normalized spacial score (nSPS) is 16.1. The molecule has 6 nitrogen and oxygen atoms in total. The number of aromatic nitrogens is 1. The van der Waals surface area contributed by atoms with Crippen molar-refractivity contribution >= 4 is 22.6 Å². The number of fused-ring (bicyclic) bond motifs is 1. The van der Waals surface area contributed by atoms with Crippen molar-refractivity contribution in [1.82, 2.24) is 9.88 Å². The van der Waals surface area contributed by atoms with Crippen molar-refractivity contribution in [3.63, 3.8) is 0 Å². The van der Waals surface area contributed by atoms with Crippen LogP contribution in [0.1, 0.15) is 61.0 Å². The molecule has 0 amide bonds. The lowest BCUT2D eigenvalue weighted by Crippen LogP contribution is -2.34. The van der Waals surface area contributed by atoms with E-state index in [1.165, 1.54) is 60.8 Å². The number of H-pyrrole nitrogens is 1. The van der Waals surface area contributed by atoms with Gasteiger partial charge in [0, 0.05) is 49.0 Å². The van der Waals surface area contributed by atoms with E-state index in [4.69, 9.17) is 9.84 Å². The summed E-state index contributed by atoms with van der Waals surface area (Å²) < 4.78 is 5.66. The van der Waals surface area contributed by atoms with Crippen LogP contribution in [-0.2, 0) is 6.54 Å². The van der Waals surface area contributed by atoms with Gasteiger partial charge in [0.1, 0.15) is 5.75 Å². The number of hydrogen-bond donors (Lipinski definition) is 2. The van der Waals surface area contributed by atoms with Gasteiger partial charge < -0.3 is 19.7 Å². The first kappa shape index (κ1) is 26.6. The van der Waals surface area contributed by atoms with Crippen molar-refractivity contribution in [2.24, 2.45) is 5.41 Å². The first-order chi connectivity index (χ1) is 16.8. The molecule has 190 valence electrons. The van der Waals surface area contributed by atoms with Crippen LogP contribution in [0.15, 0.2) is 42.6 Å². The van der Waals surface area contributed by atoms with Crippen LogP contribution in [0, 0.1) is 12.3 Å². The van der Waals surface area contributed by atoms with Gasteiger partial charge in [-0.3, -0.25) is 4.90 Å². The van der Waals surface area contributed by atoms with Crippen molar-refractivity contribution in [1.29, 1.82) is 0 Å². The summed E-state index contributed by atoms with van der Waals surface area (Å²) in [6.45, 7) is 9.63. The molecule has 0 unspecified atom stereocenters. The van der Waals surface area contributed by atoms with E-state index in [9.17, 15) is 4.79 Å². The number of benzene rings is 2. The van der Waals surface area contributed by atoms with E-state index in [0.717, 1.165) is 23.4 Å². The number of methoxy groups -OCH3 is 1. The fourth-order valence-corrected chi connectivity index (χ4v) is 4.78. The molecule has 2 aromatic carbocycles. The second kappa shape index (κ2) is 11.6. The van der Waals surface area contributed by atoms with E-state index in [-0.39, 0.29) is 0 Å². The second-order valence-electron chi connectivity index (χ2n) is 9.67. The van der Waals surface area contributed by atoms with Crippen LogP contribution in [0.25, 0.3) is 10.9 Å². The number of piperidine rings is 1. The van der Waals surface area contributed by atoms with Crippen LogP contribution in [0.5, 0.6) is 5.75 Å². The molecule has 0 radical (unpaired) electrons. The molecule has 0 atom stereocenters. The molecule has 2 N–H and O–H groups in total. The Morgan fingerprint density at radius 2 is 1.80 bits per heavy atom. The zero-order chi connectivity index (χ0) is 25.6. The van der Waals surface area contributed by atoms with Gasteiger partial charge in [-0.25, -0.2) is 4.79 Å². The number of carbonyl (C=O) groups is 1. The Balaban J connectivity index is 0.000000210. The van der Waals surface area contributed by atoms with E-state index in [1.54, 1.807) is 25.3 Å². The summed E-state index contributed by atoms with van der Waals surface area (Å²) in [4.78, 5) is 18.4. The topological polar surface area (TPSA) is 68.8 Å². The third-order valence-corrected chi connectivity index (χ3v) is 7.20. The highest BCUT2D eigenvalue weighted by atomic mass is 16.5. The summed E-state index contributed by atoms with van der Waals surface area (Å²) in [5.41, 5.74) is 5.81. The molecular formula is C29H41N3O3. The molecule has 1 saturated heterocycles. The van der Waals surface area contributed by atoms with Gasteiger partial charge >= 0.3 is 5.97 Å². The van der Waals surface area contributed by atoms with Gasteiger partial charge in [-0.15, -0.1) is 0 Å². The van der Waals surface area contributed by atoms with E-state index in [1.807, 2.05) is 45.1 Å². The monoisotopic (exact) mass is 479 g/mol. The fourth-order valence-electron chi connectivity index (χ4n) is 4.78. The third kappa shape index (κ3) is 6.37. The molecular weight excluding hydrogens is 438 g/mol. The number of anilines is 1. The van der Waals surface area contributed by atoms with Gasteiger partial charge in [0.25, 0.3) is 0 Å². The Morgan fingerprint density at radius 1 is 1.11 bits per heavy atom. The van der Waals surface area contributed by atoms with Gasteiger partial charge in [0.05, 0.1) is 12.7 Å². The maximum Gasteiger partial charge on any atom is 0.335 e. The average Bonchev–Trinajstić information content (AvgIpc) is 3.43. The van der Waals surface area contributed by atoms with Gasteiger partial charge in [0.2, 0.25) is 0 Å². The number of aromatic amines is 1. The lowest BCUT2D eigenvalue weighted by atomic mass is 9.93. The summed E-state index contributed by atoms with van der Waals surface area (Å²) in [6.07, 6.45) is 7.75. The summed E-state index contributed by atoms with van der Waals surface area (Å²) >= 11 is 0. The number of nitrogens with one attached hydrogen (secondary N) is 1. The molecule has 2 heterocycles. The molecule has 6 heteroatoms. The molecule has 3 aromatic rings. The molecule has 1 spiro atoms. The number of nitrogens with zero attached hydrogens (tertiary/aromatic N) is 2. The summed E-state index contributed by atoms with van der Waals surface area (Å²) in [6, 6.07) is 11.2. The predicted octanol–water partition coefficient (Wildman–Crippen LogP) is 6.34. The molecule has 1 aliphatic carbocycles. The summed E-state index contributed by atoms with van der Waals surface area (Å²) in [7, 11) is 5.54.